The molecular formula is C10H22O4Si. The van der Waals surface area contributed by atoms with Gasteiger partial charge in [0, 0.05) is 28.4 Å². The summed E-state index contributed by atoms with van der Waals surface area (Å²) in [5.41, 5.74) is 2.38. The number of methoxy groups -OCH3 is 4. The van der Waals surface area contributed by atoms with Gasteiger partial charge in [-0.05, 0) is 0 Å². The van der Waals surface area contributed by atoms with Gasteiger partial charge in [0.25, 0.3) is 0 Å². The molecule has 0 aliphatic heterocycles. The van der Waals surface area contributed by atoms with E-state index >= 15 is 0 Å². The highest BCUT2D eigenvalue weighted by molar-refractivity contribution is 6.68. The van der Waals surface area contributed by atoms with Crippen LogP contribution >= 0.6 is 0 Å². The molecule has 0 amide bonds. The molecule has 0 saturated heterocycles. The molecule has 2 atom stereocenters. The van der Waals surface area contributed by atoms with Crippen molar-refractivity contribution in [3.8, 4) is 0 Å². The minimum absolute atomic E-state index is 0.102. The summed E-state index contributed by atoms with van der Waals surface area (Å²) >= 11 is 0. The molecule has 0 aliphatic rings. The van der Waals surface area contributed by atoms with Gasteiger partial charge in [-0.3, -0.25) is 0 Å². The van der Waals surface area contributed by atoms with Crippen molar-refractivity contribution in [2.24, 2.45) is 0 Å². The van der Waals surface area contributed by atoms with Crippen molar-refractivity contribution in [3.05, 3.63) is 0 Å². The topological polar surface area (TPSA) is 36.9 Å². The lowest BCUT2D eigenvalue weighted by atomic mass is 10.7. The number of hydrogen-bond acceptors (Lipinski definition) is 4. The average Bonchev–Trinajstić information content (AvgIpc) is 2.27. The summed E-state index contributed by atoms with van der Waals surface area (Å²) in [7, 11) is 5.86. The van der Waals surface area contributed by atoms with Crippen LogP contribution < -0.4 is 0 Å². The molecule has 90 valence electrons. The highest BCUT2D eigenvalue weighted by Gasteiger charge is 2.23. The third-order valence-corrected chi connectivity index (χ3v) is 5.24. The smallest absolute Gasteiger partial charge is 0.0873 e. The summed E-state index contributed by atoms with van der Waals surface area (Å²) in [5.74, 6) is 0. The van der Waals surface area contributed by atoms with E-state index in [2.05, 4.69) is 5.67 Å². The Labute approximate surface area is 93.7 Å². The van der Waals surface area contributed by atoms with Crippen LogP contribution in [0, 0.1) is 0 Å². The third kappa shape index (κ3) is 4.99. The zero-order valence-electron chi connectivity index (χ0n) is 10.3. The van der Waals surface area contributed by atoms with Crippen LogP contribution in [0.2, 0.25) is 0 Å². The van der Waals surface area contributed by atoms with E-state index in [9.17, 15) is 0 Å². The van der Waals surface area contributed by atoms with Crippen molar-refractivity contribution < 1.29 is 18.9 Å². The first-order valence-corrected chi connectivity index (χ1v) is 6.67. The van der Waals surface area contributed by atoms with Gasteiger partial charge < -0.3 is 18.9 Å². The van der Waals surface area contributed by atoms with Gasteiger partial charge in [0.1, 0.15) is 0 Å². The predicted octanol–water partition coefficient (Wildman–Crippen LogP) is 0.286. The van der Waals surface area contributed by atoms with Gasteiger partial charge in [-0.1, -0.05) is 6.92 Å². The Balaban J connectivity index is 4.54. The van der Waals surface area contributed by atoms with Crippen LogP contribution in [-0.4, -0.2) is 67.2 Å². The minimum atomic E-state index is -0.907. The normalized spacial score (nSPS) is 14.7. The molecule has 0 spiro atoms. The zero-order chi connectivity index (χ0) is 11.7. The third-order valence-electron chi connectivity index (χ3n) is 2.28. The van der Waals surface area contributed by atoms with Gasteiger partial charge in [0.2, 0.25) is 0 Å². The Morgan fingerprint density at radius 1 is 0.933 bits per heavy atom. The summed E-state index contributed by atoms with van der Waals surface area (Å²) in [4.78, 5) is 0. The van der Waals surface area contributed by atoms with Crippen molar-refractivity contribution in [1.29, 1.82) is 0 Å². The van der Waals surface area contributed by atoms with E-state index in [-0.39, 0.29) is 11.5 Å². The number of ether oxygens (including phenoxy) is 4. The van der Waals surface area contributed by atoms with E-state index in [1.165, 1.54) is 0 Å². The summed E-state index contributed by atoms with van der Waals surface area (Å²) in [6.07, 6.45) is 0. The second kappa shape index (κ2) is 9.17. The highest BCUT2D eigenvalue weighted by atomic mass is 28.2. The minimum Gasteiger partial charge on any atom is -0.382 e. The van der Waals surface area contributed by atoms with Crippen LogP contribution in [0.5, 0.6) is 0 Å². The maximum atomic E-state index is 5.43. The molecule has 0 saturated carbocycles. The lowest BCUT2D eigenvalue weighted by molar-refractivity contribution is 0.0484. The van der Waals surface area contributed by atoms with Gasteiger partial charge in [0.05, 0.1) is 33.1 Å². The van der Waals surface area contributed by atoms with E-state index in [0.29, 0.717) is 13.2 Å². The summed E-state index contributed by atoms with van der Waals surface area (Å²) in [6, 6.07) is 0. The lowest BCUT2D eigenvalue weighted by Crippen LogP contribution is -2.44. The molecule has 0 heterocycles. The number of hydrogen-bond donors (Lipinski definition) is 0. The van der Waals surface area contributed by atoms with E-state index in [1.54, 1.807) is 28.4 Å². The zero-order valence-corrected chi connectivity index (χ0v) is 11.3. The second-order valence-electron chi connectivity index (χ2n) is 3.15. The van der Waals surface area contributed by atoms with Crippen LogP contribution in [0.25, 0.3) is 0 Å². The fraction of sp³-hybridized carbons (Fsp3) is 0.900. The molecule has 0 aromatic heterocycles. The monoisotopic (exact) mass is 234 g/mol. The average molecular weight is 234 g/mol. The maximum Gasteiger partial charge on any atom is 0.0873 e. The van der Waals surface area contributed by atoms with E-state index in [4.69, 9.17) is 18.9 Å². The standard InChI is InChI=1S/C10H22O4Si/c1-6-15(9(13-4)7-11-2)10(14-5)8-12-3/h6,9-10H,7-8H2,1-5H3. The number of rotatable bonds is 8. The van der Waals surface area contributed by atoms with Crippen molar-refractivity contribution in [3.63, 3.8) is 0 Å². The van der Waals surface area contributed by atoms with Gasteiger partial charge in [-0.2, -0.15) is 0 Å². The van der Waals surface area contributed by atoms with Crippen molar-refractivity contribution in [2.75, 3.05) is 41.7 Å². The summed E-state index contributed by atoms with van der Waals surface area (Å²) in [5, 5.41) is 0. The molecule has 0 rings (SSSR count). The predicted molar refractivity (Wildman–Crippen MR) is 62.8 cm³/mol. The van der Waals surface area contributed by atoms with E-state index in [0.717, 1.165) is 0 Å². The van der Waals surface area contributed by atoms with Crippen LogP contribution in [0.1, 0.15) is 6.92 Å². The van der Waals surface area contributed by atoms with Crippen LogP contribution in [-0.2, 0) is 18.9 Å². The van der Waals surface area contributed by atoms with E-state index in [1.807, 2.05) is 6.92 Å². The first kappa shape index (κ1) is 14.9. The summed E-state index contributed by atoms with van der Waals surface area (Å²) < 4.78 is 21.1. The molecule has 0 fully saturated rings. The molecule has 5 heteroatoms. The fourth-order valence-electron chi connectivity index (χ4n) is 1.48. The van der Waals surface area contributed by atoms with E-state index < -0.39 is 8.41 Å². The Hall–Kier alpha value is -0.0731. The van der Waals surface area contributed by atoms with Crippen LogP contribution in [0.3, 0.4) is 0 Å². The van der Waals surface area contributed by atoms with Crippen molar-refractivity contribution in [1.82, 2.24) is 0 Å². The quantitative estimate of drug-likeness (QED) is 0.566. The van der Waals surface area contributed by atoms with Crippen LogP contribution in [0.15, 0.2) is 0 Å². The van der Waals surface area contributed by atoms with Gasteiger partial charge >= 0.3 is 0 Å². The van der Waals surface area contributed by atoms with Gasteiger partial charge in [-0.15, -0.1) is 5.67 Å². The maximum absolute atomic E-state index is 5.43. The molecule has 0 aromatic carbocycles. The molecular weight excluding hydrogens is 212 g/mol. The van der Waals surface area contributed by atoms with Crippen molar-refractivity contribution in [2.45, 2.75) is 18.4 Å². The SMILES string of the molecule is CC=[Si](C(COC)OC)C(COC)OC. The first-order chi connectivity index (χ1) is 7.24. The lowest BCUT2D eigenvalue weighted by Gasteiger charge is -2.23. The van der Waals surface area contributed by atoms with Crippen LogP contribution in [0.4, 0.5) is 0 Å². The van der Waals surface area contributed by atoms with Gasteiger partial charge in [0.15, 0.2) is 0 Å². The second-order valence-corrected chi connectivity index (χ2v) is 6.01. The molecule has 0 radical (unpaired) electrons. The fourth-order valence-corrected chi connectivity index (χ4v) is 3.90. The molecule has 0 bridgehead atoms. The Morgan fingerprint density at radius 3 is 1.53 bits per heavy atom. The molecule has 0 N–H and O–H groups in total. The Bertz CT molecular complexity index is 168. The molecule has 4 nitrogen and oxygen atoms in total. The molecule has 0 aliphatic carbocycles. The first-order valence-electron chi connectivity index (χ1n) is 4.94. The molecule has 15 heavy (non-hydrogen) atoms. The highest BCUT2D eigenvalue weighted by Crippen LogP contribution is 2.01. The molecule has 0 aromatic rings. The van der Waals surface area contributed by atoms with Gasteiger partial charge in [-0.25, -0.2) is 0 Å². The Kier molecular flexibility index (Phi) is 9.13. The Morgan fingerprint density at radius 2 is 1.33 bits per heavy atom. The van der Waals surface area contributed by atoms with Crippen molar-refractivity contribution >= 4 is 14.1 Å². The largest absolute Gasteiger partial charge is 0.382 e. The molecule has 2 unspecified atom stereocenters. The summed E-state index contributed by atoms with van der Waals surface area (Å²) in [6.45, 7) is 3.23.